The van der Waals surface area contributed by atoms with Crippen LogP contribution in [-0.2, 0) is 12.8 Å². The van der Waals surface area contributed by atoms with E-state index >= 15 is 0 Å². The fraction of sp³-hybridized carbons (Fsp3) is 0.308. The second kappa shape index (κ2) is 10.8. The molecular weight excluding hydrogens is 441 g/mol. The number of pyridine rings is 1. The van der Waals surface area contributed by atoms with Crippen molar-refractivity contribution in [1.29, 1.82) is 0 Å². The van der Waals surface area contributed by atoms with Crippen LogP contribution >= 0.6 is 11.6 Å². The number of rotatable bonds is 8. The molecule has 0 saturated carbocycles. The number of amides is 1. The summed E-state index contributed by atoms with van der Waals surface area (Å²) in [4.78, 5) is 17.2. The van der Waals surface area contributed by atoms with Crippen molar-refractivity contribution in [3.05, 3.63) is 94.5 Å². The molecule has 0 fully saturated rings. The lowest BCUT2D eigenvalue weighted by molar-refractivity contribution is 0.0916. The van der Waals surface area contributed by atoms with E-state index in [-0.39, 0.29) is 18.7 Å². The number of anilines is 1. The summed E-state index contributed by atoms with van der Waals surface area (Å²) in [6, 6.07) is 16.5. The average Bonchev–Trinajstić information content (AvgIpc) is 2.75. The highest BCUT2D eigenvalue weighted by Gasteiger charge is 2.25. The molecule has 3 rings (SSSR count). The maximum Gasteiger partial charge on any atom is 0.253 e. The molecule has 3 aromatic rings. The standard InChI is InChI=1S/C26H29ClFN3O2/c1-26(2,3)31-25(33)20-10-7-13-29-22(20)16-24(32)23(30-19-8-5-4-6-9-19)15-17-14-18(28)11-12-21(17)27/h4-14,23-24,30,32H,15-16H2,1-3H3,(H,31,33)/t23-,24+/m1/s1. The van der Waals surface area contributed by atoms with Gasteiger partial charge in [-0.15, -0.1) is 0 Å². The topological polar surface area (TPSA) is 74.2 Å². The zero-order valence-electron chi connectivity index (χ0n) is 19.0. The Balaban J connectivity index is 1.87. The number of hydrogen-bond acceptors (Lipinski definition) is 4. The molecular formula is C26H29ClFN3O2. The Bertz CT molecular complexity index is 1090. The van der Waals surface area contributed by atoms with Crippen molar-refractivity contribution >= 4 is 23.2 Å². The zero-order chi connectivity index (χ0) is 24.0. The molecule has 2 aromatic carbocycles. The number of hydrogen-bond donors (Lipinski definition) is 3. The first kappa shape index (κ1) is 24.7. The van der Waals surface area contributed by atoms with E-state index in [0.717, 1.165) is 5.69 Å². The molecule has 0 bridgehead atoms. The number of aliphatic hydroxyl groups excluding tert-OH is 1. The number of para-hydroxylation sites is 1. The van der Waals surface area contributed by atoms with Gasteiger partial charge in [0.25, 0.3) is 5.91 Å². The number of nitrogens with zero attached hydrogens (tertiary/aromatic N) is 1. The maximum atomic E-state index is 13.9. The summed E-state index contributed by atoms with van der Waals surface area (Å²) in [7, 11) is 0. The Morgan fingerprint density at radius 1 is 1.09 bits per heavy atom. The lowest BCUT2D eigenvalue weighted by Crippen LogP contribution is -2.42. The van der Waals surface area contributed by atoms with E-state index in [2.05, 4.69) is 15.6 Å². The van der Waals surface area contributed by atoms with Crippen LogP contribution in [0.25, 0.3) is 0 Å². The summed E-state index contributed by atoms with van der Waals surface area (Å²) in [5.74, 6) is -0.647. The number of aliphatic hydroxyl groups is 1. The average molecular weight is 470 g/mol. The monoisotopic (exact) mass is 469 g/mol. The Kier molecular flexibility index (Phi) is 8.06. The second-order valence-corrected chi connectivity index (χ2v) is 9.44. The Labute approximate surface area is 199 Å². The van der Waals surface area contributed by atoms with Crippen LogP contribution in [0.2, 0.25) is 5.02 Å². The molecule has 2 atom stereocenters. The number of carbonyl (C=O) groups excluding carboxylic acids is 1. The van der Waals surface area contributed by atoms with E-state index < -0.39 is 23.5 Å². The zero-order valence-corrected chi connectivity index (χ0v) is 19.7. The van der Waals surface area contributed by atoms with Crippen LogP contribution in [0.15, 0.2) is 66.9 Å². The van der Waals surface area contributed by atoms with Crippen molar-refractivity contribution in [3.63, 3.8) is 0 Å². The maximum absolute atomic E-state index is 13.9. The first-order chi connectivity index (χ1) is 15.6. The molecule has 174 valence electrons. The smallest absolute Gasteiger partial charge is 0.253 e. The molecule has 1 amide bonds. The van der Waals surface area contributed by atoms with Crippen molar-refractivity contribution in [2.24, 2.45) is 0 Å². The van der Waals surface area contributed by atoms with Gasteiger partial charge in [-0.05, 0) is 75.2 Å². The molecule has 7 heteroatoms. The van der Waals surface area contributed by atoms with Gasteiger partial charge in [0.05, 0.1) is 23.4 Å². The Hall–Kier alpha value is -2.96. The van der Waals surface area contributed by atoms with Gasteiger partial charge in [0.15, 0.2) is 0 Å². The number of benzene rings is 2. The summed E-state index contributed by atoms with van der Waals surface area (Å²) in [5.41, 5.74) is 1.87. The van der Waals surface area contributed by atoms with E-state index in [9.17, 15) is 14.3 Å². The van der Waals surface area contributed by atoms with Gasteiger partial charge >= 0.3 is 0 Å². The molecule has 0 aliphatic rings. The third-order valence-corrected chi connectivity index (χ3v) is 5.43. The Morgan fingerprint density at radius 2 is 1.82 bits per heavy atom. The van der Waals surface area contributed by atoms with Crippen molar-refractivity contribution in [3.8, 4) is 0 Å². The van der Waals surface area contributed by atoms with Crippen LogP contribution in [-0.4, -0.2) is 33.7 Å². The fourth-order valence-electron chi connectivity index (χ4n) is 3.52. The van der Waals surface area contributed by atoms with Gasteiger partial charge in [-0.1, -0.05) is 29.8 Å². The minimum Gasteiger partial charge on any atom is -0.391 e. The van der Waals surface area contributed by atoms with Gasteiger partial charge in [-0.2, -0.15) is 0 Å². The highest BCUT2D eigenvalue weighted by atomic mass is 35.5. The normalized spacial score (nSPS) is 13.3. The van der Waals surface area contributed by atoms with Crippen LogP contribution < -0.4 is 10.6 Å². The first-order valence-corrected chi connectivity index (χ1v) is 11.2. The lowest BCUT2D eigenvalue weighted by atomic mass is 9.95. The molecule has 33 heavy (non-hydrogen) atoms. The van der Waals surface area contributed by atoms with E-state index in [1.807, 2.05) is 51.1 Å². The molecule has 0 aliphatic carbocycles. The van der Waals surface area contributed by atoms with Gasteiger partial charge in [0.2, 0.25) is 0 Å². The van der Waals surface area contributed by atoms with Gasteiger partial charge in [0, 0.05) is 28.9 Å². The van der Waals surface area contributed by atoms with Crippen LogP contribution in [0.5, 0.6) is 0 Å². The number of carbonyl (C=O) groups is 1. The van der Waals surface area contributed by atoms with E-state index in [1.54, 1.807) is 18.3 Å². The summed E-state index contributed by atoms with van der Waals surface area (Å²) >= 11 is 6.30. The lowest BCUT2D eigenvalue weighted by Gasteiger charge is -2.27. The quantitative estimate of drug-likeness (QED) is 0.432. The molecule has 0 radical (unpaired) electrons. The SMILES string of the molecule is CC(C)(C)NC(=O)c1cccnc1C[C@H](O)[C@@H](Cc1cc(F)ccc1Cl)Nc1ccccc1. The number of halogens is 2. The van der Waals surface area contributed by atoms with E-state index in [4.69, 9.17) is 11.6 Å². The summed E-state index contributed by atoms with van der Waals surface area (Å²) in [6.07, 6.45) is 1.08. The van der Waals surface area contributed by atoms with Crippen molar-refractivity contribution in [1.82, 2.24) is 10.3 Å². The molecule has 5 nitrogen and oxygen atoms in total. The minimum absolute atomic E-state index is 0.130. The van der Waals surface area contributed by atoms with Gasteiger partial charge in [-0.25, -0.2) is 4.39 Å². The first-order valence-electron chi connectivity index (χ1n) is 10.8. The predicted molar refractivity (Wildman–Crippen MR) is 130 cm³/mol. The van der Waals surface area contributed by atoms with Crippen molar-refractivity contribution in [2.45, 2.75) is 51.3 Å². The summed E-state index contributed by atoms with van der Waals surface area (Å²) in [5, 5.41) is 17.9. The second-order valence-electron chi connectivity index (χ2n) is 9.03. The molecule has 0 saturated heterocycles. The highest BCUT2D eigenvalue weighted by Crippen LogP contribution is 2.23. The van der Waals surface area contributed by atoms with Gasteiger partial charge in [0.1, 0.15) is 5.82 Å². The molecule has 1 heterocycles. The molecule has 0 unspecified atom stereocenters. The summed E-state index contributed by atoms with van der Waals surface area (Å²) in [6.45, 7) is 5.70. The van der Waals surface area contributed by atoms with Crippen molar-refractivity contribution in [2.75, 3.05) is 5.32 Å². The third-order valence-electron chi connectivity index (χ3n) is 5.06. The molecule has 3 N–H and O–H groups in total. The van der Waals surface area contributed by atoms with Crippen molar-refractivity contribution < 1.29 is 14.3 Å². The third kappa shape index (κ3) is 7.27. The van der Waals surface area contributed by atoms with Crippen LogP contribution in [0.3, 0.4) is 0 Å². The highest BCUT2D eigenvalue weighted by molar-refractivity contribution is 6.31. The fourth-order valence-corrected chi connectivity index (χ4v) is 3.72. The van der Waals surface area contributed by atoms with Gasteiger partial charge < -0.3 is 15.7 Å². The van der Waals surface area contributed by atoms with E-state index in [1.165, 1.54) is 18.2 Å². The van der Waals surface area contributed by atoms with Gasteiger partial charge in [-0.3, -0.25) is 9.78 Å². The summed E-state index contributed by atoms with van der Waals surface area (Å²) < 4.78 is 13.9. The molecule has 0 aliphatic heterocycles. The molecule has 1 aromatic heterocycles. The number of nitrogens with one attached hydrogen (secondary N) is 2. The predicted octanol–water partition coefficient (Wildman–Crippen LogP) is 5.03. The number of aromatic nitrogens is 1. The van der Waals surface area contributed by atoms with Crippen LogP contribution in [0, 0.1) is 5.82 Å². The van der Waals surface area contributed by atoms with E-state index in [0.29, 0.717) is 21.8 Å². The molecule has 0 spiro atoms. The Morgan fingerprint density at radius 3 is 2.52 bits per heavy atom. The largest absolute Gasteiger partial charge is 0.391 e. The van der Waals surface area contributed by atoms with Crippen LogP contribution in [0.1, 0.15) is 42.4 Å². The van der Waals surface area contributed by atoms with Crippen LogP contribution in [0.4, 0.5) is 10.1 Å². The minimum atomic E-state index is -0.930.